The van der Waals surface area contributed by atoms with Gasteiger partial charge in [0.2, 0.25) is 0 Å². The normalized spacial score (nSPS) is 7.17. The number of hydrogen-bond acceptors (Lipinski definition) is 1. The molecule has 0 atom stereocenters. The molecule has 0 aliphatic heterocycles. The van der Waals surface area contributed by atoms with Gasteiger partial charge in [0.25, 0.3) is 0 Å². The van der Waals surface area contributed by atoms with Crippen molar-refractivity contribution in [2.75, 3.05) is 0 Å². The molecule has 0 unspecified atom stereocenters. The van der Waals surface area contributed by atoms with Crippen LogP contribution in [0.2, 0.25) is 0 Å². The summed E-state index contributed by atoms with van der Waals surface area (Å²) in [5.74, 6) is -0.458. The zero-order valence-electron chi connectivity index (χ0n) is 6.10. The molecule has 0 saturated heterocycles. The predicted molar refractivity (Wildman–Crippen MR) is 59.2 cm³/mol. The SMILES string of the molecule is N#Cc1ccccc1F.[I][Zn][I]. The zero-order chi connectivity index (χ0) is 9.40. The van der Waals surface area contributed by atoms with E-state index < -0.39 is 5.82 Å². The molecule has 0 radical (unpaired) electrons. The second kappa shape index (κ2) is 8.33. The average Bonchev–Trinajstić information content (AvgIpc) is 2.07. The molecule has 0 heterocycles. The molecule has 0 fully saturated rings. The molecule has 0 amide bonds. The van der Waals surface area contributed by atoms with Gasteiger partial charge in [-0.1, -0.05) is 12.1 Å². The molecular weight excluding hydrogens is 436 g/mol. The number of rotatable bonds is 0. The second-order valence-corrected chi connectivity index (χ2v) is 25.2. The van der Waals surface area contributed by atoms with Crippen molar-refractivity contribution in [2.45, 2.75) is 0 Å². The van der Waals surface area contributed by atoms with E-state index >= 15 is 0 Å². The van der Waals surface area contributed by atoms with Crippen LogP contribution in [0.3, 0.4) is 0 Å². The predicted octanol–water partition coefficient (Wildman–Crippen LogP) is 3.47. The Balaban J connectivity index is 0.000000354. The van der Waals surface area contributed by atoms with Crippen LogP contribution in [-0.2, 0) is 10.1 Å². The third kappa shape index (κ3) is 5.38. The molecular formula is C7H4FI2NZn. The Labute approximate surface area is 99.7 Å². The Morgan fingerprint density at radius 1 is 1.33 bits per heavy atom. The zero-order valence-corrected chi connectivity index (χ0v) is 13.4. The van der Waals surface area contributed by atoms with Gasteiger partial charge < -0.3 is 0 Å². The van der Waals surface area contributed by atoms with Gasteiger partial charge in [0, 0.05) is 0 Å². The summed E-state index contributed by atoms with van der Waals surface area (Å²) in [6, 6.07) is 7.60. The minimum absolute atomic E-state index is 0.0650. The Kier molecular flexibility index (Phi) is 8.83. The van der Waals surface area contributed by atoms with Gasteiger partial charge in [-0.05, 0) is 12.1 Å². The molecule has 0 spiro atoms. The van der Waals surface area contributed by atoms with E-state index in [1.54, 1.807) is 18.2 Å². The standard InChI is InChI=1S/C7H4FN.2HI.Zn/c8-7-4-2-1-3-6(7)5-9;;;/h1-4H;2*1H;/q;;;+2/p-2. The van der Waals surface area contributed by atoms with Crippen LogP contribution in [0, 0.1) is 17.1 Å². The summed E-state index contributed by atoms with van der Waals surface area (Å²) in [6.45, 7) is 0. The van der Waals surface area contributed by atoms with Crippen LogP contribution in [0.1, 0.15) is 5.56 Å². The number of nitriles is 1. The summed E-state index contributed by atoms with van der Waals surface area (Å²) in [4.78, 5) is 0. The summed E-state index contributed by atoms with van der Waals surface area (Å²) in [6.07, 6.45) is 0. The molecule has 1 aromatic carbocycles. The number of nitrogens with zero attached hydrogens (tertiary/aromatic N) is 1. The van der Waals surface area contributed by atoms with Crippen LogP contribution in [-0.4, -0.2) is 0 Å². The third-order valence-electron chi connectivity index (χ3n) is 0.994. The van der Waals surface area contributed by atoms with Crippen molar-refractivity contribution in [3.05, 3.63) is 35.6 Å². The van der Waals surface area contributed by atoms with Crippen molar-refractivity contribution < 1.29 is 14.5 Å². The monoisotopic (exact) mass is 439 g/mol. The summed E-state index contributed by atoms with van der Waals surface area (Å²) >= 11 is 4.93. The van der Waals surface area contributed by atoms with Crippen molar-refractivity contribution in [2.24, 2.45) is 0 Å². The Morgan fingerprint density at radius 3 is 2.17 bits per heavy atom. The van der Waals surface area contributed by atoms with Crippen LogP contribution >= 0.6 is 39.5 Å². The van der Waals surface area contributed by atoms with E-state index in [-0.39, 0.29) is 15.7 Å². The van der Waals surface area contributed by atoms with Gasteiger partial charge in [-0.15, -0.1) is 0 Å². The first-order valence-corrected chi connectivity index (χ1v) is 21.1. The Hall–Kier alpha value is 0.723. The number of benzene rings is 1. The third-order valence-corrected chi connectivity index (χ3v) is 0.994. The van der Waals surface area contributed by atoms with Gasteiger partial charge in [-0.3, -0.25) is 0 Å². The van der Waals surface area contributed by atoms with Crippen LogP contribution in [0.5, 0.6) is 0 Å². The van der Waals surface area contributed by atoms with Crippen molar-refractivity contribution >= 4 is 39.5 Å². The molecule has 60 valence electrons. The summed E-state index contributed by atoms with van der Waals surface area (Å²) in [5, 5.41) is 8.23. The van der Waals surface area contributed by atoms with Gasteiger partial charge in [0.15, 0.2) is 0 Å². The van der Waals surface area contributed by atoms with Crippen molar-refractivity contribution in [1.29, 1.82) is 5.26 Å². The fourth-order valence-corrected chi connectivity index (χ4v) is 0.552. The number of halogens is 3. The second-order valence-electron chi connectivity index (χ2n) is 1.69. The molecule has 0 saturated carbocycles. The molecule has 0 N–H and O–H groups in total. The van der Waals surface area contributed by atoms with Gasteiger partial charge >= 0.3 is 49.6 Å². The molecule has 1 rings (SSSR count). The molecule has 0 bridgehead atoms. The summed E-state index contributed by atoms with van der Waals surface area (Å²) in [7, 11) is 0.0650. The average molecular weight is 440 g/mol. The van der Waals surface area contributed by atoms with E-state index in [4.69, 9.17) is 5.26 Å². The van der Waals surface area contributed by atoms with E-state index in [2.05, 4.69) is 39.5 Å². The van der Waals surface area contributed by atoms with E-state index in [1.807, 2.05) is 0 Å². The van der Waals surface area contributed by atoms with Crippen molar-refractivity contribution in [1.82, 2.24) is 0 Å². The quantitative estimate of drug-likeness (QED) is 0.448. The van der Waals surface area contributed by atoms with Crippen molar-refractivity contribution in [3.63, 3.8) is 0 Å². The topological polar surface area (TPSA) is 23.8 Å². The number of hydrogen-bond donors (Lipinski definition) is 0. The van der Waals surface area contributed by atoms with Crippen LogP contribution in [0.15, 0.2) is 24.3 Å². The van der Waals surface area contributed by atoms with E-state index in [9.17, 15) is 4.39 Å². The van der Waals surface area contributed by atoms with Gasteiger partial charge in [-0.25, -0.2) is 4.39 Å². The van der Waals surface area contributed by atoms with E-state index in [1.165, 1.54) is 12.1 Å². The first kappa shape index (κ1) is 12.7. The molecule has 0 aromatic heterocycles. The van der Waals surface area contributed by atoms with Gasteiger partial charge in [0.05, 0.1) is 5.56 Å². The van der Waals surface area contributed by atoms with Crippen LogP contribution < -0.4 is 0 Å². The van der Waals surface area contributed by atoms with Gasteiger partial charge in [0.1, 0.15) is 11.9 Å². The molecule has 1 aromatic rings. The first-order valence-electron chi connectivity index (χ1n) is 3.02. The molecule has 0 aliphatic carbocycles. The minimum atomic E-state index is -0.458. The Bertz CT molecular complexity index is 274. The molecule has 1 nitrogen and oxygen atoms in total. The summed E-state index contributed by atoms with van der Waals surface area (Å²) in [5.41, 5.74) is 0.0949. The first-order chi connectivity index (χ1) is 5.76. The van der Waals surface area contributed by atoms with Crippen LogP contribution in [0.25, 0.3) is 0 Å². The summed E-state index contributed by atoms with van der Waals surface area (Å²) < 4.78 is 12.4. The maximum absolute atomic E-state index is 12.4. The molecule has 12 heavy (non-hydrogen) atoms. The van der Waals surface area contributed by atoms with E-state index in [0.717, 1.165) is 0 Å². The molecule has 0 aliphatic rings. The van der Waals surface area contributed by atoms with Gasteiger partial charge in [-0.2, -0.15) is 5.26 Å². The fourth-order valence-electron chi connectivity index (χ4n) is 0.552. The van der Waals surface area contributed by atoms with E-state index in [0.29, 0.717) is 0 Å². The fraction of sp³-hybridized carbons (Fsp3) is 0. The van der Waals surface area contributed by atoms with Crippen LogP contribution in [0.4, 0.5) is 4.39 Å². The molecule has 5 heteroatoms. The maximum atomic E-state index is 12.4. The van der Waals surface area contributed by atoms with Crippen molar-refractivity contribution in [3.8, 4) is 6.07 Å². The Morgan fingerprint density at radius 2 is 1.83 bits per heavy atom.